The molecule has 0 saturated heterocycles. The third kappa shape index (κ3) is 3.82. The first-order valence-electron chi connectivity index (χ1n) is 9.30. The van der Waals surface area contributed by atoms with Crippen LogP contribution in [-0.4, -0.2) is 21.7 Å². The molecular formula is C22H25NO4. The number of aliphatic hydroxyl groups is 1. The molecule has 1 atom stereocenters. The summed E-state index contributed by atoms with van der Waals surface area (Å²) < 4.78 is 5.38. The van der Waals surface area contributed by atoms with Gasteiger partial charge in [0, 0.05) is 6.42 Å². The lowest BCUT2D eigenvalue weighted by Gasteiger charge is -2.26. The van der Waals surface area contributed by atoms with E-state index in [0.29, 0.717) is 5.76 Å². The van der Waals surface area contributed by atoms with Crippen LogP contribution in [0.2, 0.25) is 0 Å². The highest BCUT2D eigenvalue weighted by Crippen LogP contribution is 2.39. The van der Waals surface area contributed by atoms with Crippen LogP contribution in [0.1, 0.15) is 50.1 Å². The number of furan rings is 1. The lowest BCUT2D eigenvalue weighted by Crippen LogP contribution is -2.30. The third-order valence-electron chi connectivity index (χ3n) is 4.81. The minimum atomic E-state index is -0.611. The van der Waals surface area contributed by atoms with Crippen molar-refractivity contribution in [2.24, 2.45) is 5.92 Å². The van der Waals surface area contributed by atoms with Gasteiger partial charge in [0.05, 0.1) is 24.4 Å². The van der Waals surface area contributed by atoms with Crippen LogP contribution >= 0.6 is 0 Å². The highest BCUT2D eigenvalue weighted by Gasteiger charge is 2.43. The summed E-state index contributed by atoms with van der Waals surface area (Å²) in [6.07, 6.45) is 2.73. The maximum absolute atomic E-state index is 12.8. The first-order valence-corrected chi connectivity index (χ1v) is 9.30. The molecule has 0 spiro atoms. The Balaban J connectivity index is 2.02. The number of Topliss-reactive ketones (excluding diaryl/α,β-unsaturated/α-hetero) is 1. The molecule has 2 heterocycles. The Morgan fingerprint density at radius 2 is 1.93 bits per heavy atom. The summed E-state index contributed by atoms with van der Waals surface area (Å²) >= 11 is 0. The Bertz CT molecular complexity index is 847. The van der Waals surface area contributed by atoms with Crippen LogP contribution in [-0.2, 0) is 22.6 Å². The number of carbonyl (C=O) groups excluding carboxylic acids is 2. The number of aliphatic hydroxyl groups excluding tert-OH is 1. The molecule has 3 rings (SSSR count). The Kier molecular flexibility index (Phi) is 5.49. The van der Waals surface area contributed by atoms with Gasteiger partial charge in [0.2, 0.25) is 0 Å². The second kappa shape index (κ2) is 7.82. The Morgan fingerprint density at radius 3 is 2.48 bits per heavy atom. The SMILES string of the molecule is CCc1ccc(C2C(C(=O)CC(C)C)=C(O)C(=O)N2Cc2ccco2)cc1. The molecule has 27 heavy (non-hydrogen) atoms. The highest BCUT2D eigenvalue weighted by molar-refractivity contribution is 6.08. The van der Waals surface area contributed by atoms with Gasteiger partial charge in [-0.15, -0.1) is 0 Å². The monoisotopic (exact) mass is 367 g/mol. The van der Waals surface area contributed by atoms with E-state index in [2.05, 4.69) is 6.92 Å². The normalized spacial score (nSPS) is 17.3. The van der Waals surface area contributed by atoms with Crippen molar-refractivity contribution in [3.8, 4) is 0 Å². The lowest BCUT2D eigenvalue weighted by atomic mass is 9.91. The summed E-state index contributed by atoms with van der Waals surface area (Å²) in [4.78, 5) is 27.1. The van der Waals surface area contributed by atoms with E-state index in [1.54, 1.807) is 18.4 Å². The number of nitrogens with zero attached hydrogens (tertiary/aromatic N) is 1. The van der Waals surface area contributed by atoms with E-state index >= 15 is 0 Å². The first-order chi connectivity index (χ1) is 12.9. The van der Waals surface area contributed by atoms with Gasteiger partial charge in [0.25, 0.3) is 5.91 Å². The summed E-state index contributed by atoms with van der Waals surface area (Å²) in [5.41, 5.74) is 2.16. The predicted octanol–water partition coefficient (Wildman–Crippen LogP) is 4.35. The zero-order valence-corrected chi connectivity index (χ0v) is 15.9. The van der Waals surface area contributed by atoms with Crippen molar-refractivity contribution >= 4 is 11.7 Å². The lowest BCUT2D eigenvalue weighted by molar-refractivity contribution is -0.130. The van der Waals surface area contributed by atoms with E-state index in [0.717, 1.165) is 12.0 Å². The van der Waals surface area contributed by atoms with E-state index in [4.69, 9.17) is 4.42 Å². The van der Waals surface area contributed by atoms with Crippen LogP contribution in [0.4, 0.5) is 0 Å². The number of aryl methyl sites for hydroxylation is 1. The van der Waals surface area contributed by atoms with Gasteiger partial charge >= 0.3 is 0 Å². The topological polar surface area (TPSA) is 70.8 Å². The summed E-state index contributed by atoms with van der Waals surface area (Å²) in [7, 11) is 0. The van der Waals surface area contributed by atoms with Gasteiger partial charge in [-0.1, -0.05) is 45.0 Å². The molecule has 0 radical (unpaired) electrons. The average molecular weight is 367 g/mol. The molecule has 5 nitrogen and oxygen atoms in total. The molecule has 0 aliphatic carbocycles. The summed E-state index contributed by atoms with van der Waals surface area (Å²) in [5, 5.41) is 10.5. The smallest absolute Gasteiger partial charge is 0.290 e. The average Bonchev–Trinajstić information content (AvgIpc) is 3.23. The summed E-state index contributed by atoms with van der Waals surface area (Å²) in [5.74, 6) is -0.443. The Hall–Kier alpha value is -2.82. The minimum Gasteiger partial charge on any atom is -0.503 e. The fourth-order valence-corrected chi connectivity index (χ4v) is 3.43. The number of amides is 1. The maximum Gasteiger partial charge on any atom is 0.290 e. The molecule has 1 aliphatic rings. The van der Waals surface area contributed by atoms with Gasteiger partial charge in [-0.3, -0.25) is 9.59 Å². The first kappa shape index (κ1) is 19.0. The van der Waals surface area contributed by atoms with Crippen molar-refractivity contribution in [1.82, 2.24) is 4.90 Å². The maximum atomic E-state index is 12.8. The van der Waals surface area contributed by atoms with E-state index in [-0.39, 0.29) is 30.2 Å². The predicted molar refractivity (Wildman–Crippen MR) is 102 cm³/mol. The molecule has 1 unspecified atom stereocenters. The molecule has 1 amide bonds. The van der Waals surface area contributed by atoms with E-state index < -0.39 is 17.7 Å². The number of ketones is 1. The standard InChI is InChI=1S/C22H25NO4/c1-4-15-7-9-16(10-8-15)20-19(18(24)12-14(2)3)21(25)22(26)23(20)13-17-6-5-11-27-17/h5-11,14,20,25H,4,12-13H2,1-3H3. The van der Waals surface area contributed by atoms with E-state index in [1.807, 2.05) is 38.1 Å². The van der Waals surface area contributed by atoms with Crippen molar-refractivity contribution in [1.29, 1.82) is 0 Å². The van der Waals surface area contributed by atoms with Crippen LogP contribution in [0.3, 0.4) is 0 Å². The molecule has 2 aromatic rings. The van der Waals surface area contributed by atoms with Crippen molar-refractivity contribution in [3.05, 3.63) is 70.9 Å². The van der Waals surface area contributed by atoms with E-state index in [1.165, 1.54) is 10.5 Å². The van der Waals surface area contributed by atoms with Crippen molar-refractivity contribution in [3.63, 3.8) is 0 Å². The molecule has 142 valence electrons. The Labute approximate surface area is 159 Å². The fourth-order valence-electron chi connectivity index (χ4n) is 3.43. The van der Waals surface area contributed by atoms with Crippen LogP contribution < -0.4 is 0 Å². The van der Waals surface area contributed by atoms with Gasteiger partial charge in [-0.05, 0) is 35.6 Å². The zero-order valence-electron chi connectivity index (χ0n) is 15.9. The molecule has 0 fully saturated rings. The number of carbonyl (C=O) groups is 2. The number of rotatable bonds is 7. The van der Waals surface area contributed by atoms with Crippen molar-refractivity contribution in [2.75, 3.05) is 0 Å². The van der Waals surface area contributed by atoms with Crippen LogP contribution in [0.15, 0.2) is 58.4 Å². The van der Waals surface area contributed by atoms with Gasteiger partial charge in [-0.2, -0.15) is 0 Å². The third-order valence-corrected chi connectivity index (χ3v) is 4.81. The highest BCUT2D eigenvalue weighted by atomic mass is 16.3. The molecule has 1 N–H and O–H groups in total. The van der Waals surface area contributed by atoms with Crippen molar-refractivity contribution < 1.29 is 19.1 Å². The van der Waals surface area contributed by atoms with Gasteiger partial charge in [-0.25, -0.2) is 0 Å². The molecule has 1 aromatic carbocycles. The second-order valence-electron chi connectivity index (χ2n) is 7.29. The number of hydrogen-bond acceptors (Lipinski definition) is 4. The fraction of sp³-hybridized carbons (Fsp3) is 0.364. The second-order valence-corrected chi connectivity index (χ2v) is 7.29. The molecular weight excluding hydrogens is 342 g/mol. The molecule has 1 aromatic heterocycles. The van der Waals surface area contributed by atoms with Crippen LogP contribution in [0, 0.1) is 5.92 Å². The molecule has 0 bridgehead atoms. The van der Waals surface area contributed by atoms with Crippen molar-refractivity contribution in [2.45, 2.75) is 46.2 Å². The van der Waals surface area contributed by atoms with Crippen LogP contribution in [0.25, 0.3) is 0 Å². The Morgan fingerprint density at radius 1 is 1.22 bits per heavy atom. The number of benzene rings is 1. The van der Waals surface area contributed by atoms with E-state index in [9.17, 15) is 14.7 Å². The minimum absolute atomic E-state index is 0.134. The van der Waals surface area contributed by atoms with Gasteiger partial charge < -0.3 is 14.4 Å². The molecule has 0 saturated carbocycles. The molecule has 1 aliphatic heterocycles. The molecule has 5 heteroatoms. The zero-order chi connectivity index (χ0) is 19.6. The number of hydrogen-bond donors (Lipinski definition) is 1. The van der Waals surface area contributed by atoms with Gasteiger partial charge in [0.1, 0.15) is 5.76 Å². The largest absolute Gasteiger partial charge is 0.503 e. The summed E-state index contributed by atoms with van der Waals surface area (Å²) in [6, 6.07) is 10.7. The summed E-state index contributed by atoms with van der Waals surface area (Å²) in [6.45, 7) is 6.14. The quantitative estimate of drug-likeness (QED) is 0.790. The van der Waals surface area contributed by atoms with Crippen LogP contribution in [0.5, 0.6) is 0 Å². The van der Waals surface area contributed by atoms with Gasteiger partial charge in [0.15, 0.2) is 11.5 Å².